The molecule has 0 spiro atoms. The van der Waals surface area contributed by atoms with Crippen LogP contribution in [-0.4, -0.2) is 34.7 Å². The van der Waals surface area contributed by atoms with Crippen LogP contribution in [-0.2, 0) is 9.59 Å². The van der Waals surface area contributed by atoms with Gasteiger partial charge in [-0.25, -0.2) is 9.97 Å². The van der Waals surface area contributed by atoms with Crippen LogP contribution >= 0.6 is 0 Å². The molecule has 2 N–H and O–H groups in total. The quantitative estimate of drug-likeness (QED) is 0.670. The molecule has 1 aliphatic heterocycles. The van der Waals surface area contributed by atoms with E-state index >= 15 is 0 Å². The standard InChI is InChI=1S/C16H20N4O2/c1-10(8-11(2)15(17)22)14-9-18-16(19-12(14)3)20-6-4-13(21)5-7-20/h8-9H,2,4-7H2,1,3H3,(H2,17,22)/b10-8+. The average molecular weight is 300 g/mol. The number of aromatic nitrogens is 2. The summed E-state index contributed by atoms with van der Waals surface area (Å²) in [6.45, 7) is 8.68. The van der Waals surface area contributed by atoms with Crippen LogP contribution < -0.4 is 10.6 Å². The summed E-state index contributed by atoms with van der Waals surface area (Å²) in [6.07, 6.45) is 4.45. The van der Waals surface area contributed by atoms with E-state index in [2.05, 4.69) is 16.5 Å². The first-order valence-corrected chi connectivity index (χ1v) is 7.16. The van der Waals surface area contributed by atoms with Crippen LogP contribution in [0, 0.1) is 6.92 Å². The van der Waals surface area contributed by atoms with Crippen LogP contribution in [0.1, 0.15) is 31.0 Å². The highest BCUT2D eigenvalue weighted by atomic mass is 16.1. The Balaban J connectivity index is 2.21. The molecule has 2 heterocycles. The minimum atomic E-state index is -0.549. The van der Waals surface area contributed by atoms with Crippen molar-refractivity contribution in [2.45, 2.75) is 26.7 Å². The van der Waals surface area contributed by atoms with Gasteiger partial charge in [0, 0.05) is 43.3 Å². The first-order valence-electron chi connectivity index (χ1n) is 7.16. The monoisotopic (exact) mass is 300 g/mol. The van der Waals surface area contributed by atoms with Gasteiger partial charge in [0.15, 0.2) is 0 Å². The number of hydrogen-bond donors (Lipinski definition) is 1. The van der Waals surface area contributed by atoms with E-state index in [1.807, 2.05) is 18.7 Å². The number of ketones is 1. The number of carbonyl (C=O) groups is 2. The number of anilines is 1. The molecule has 6 nitrogen and oxygen atoms in total. The van der Waals surface area contributed by atoms with Crippen LogP contribution in [0.5, 0.6) is 0 Å². The van der Waals surface area contributed by atoms with Gasteiger partial charge in [-0.1, -0.05) is 6.58 Å². The lowest BCUT2D eigenvalue weighted by Crippen LogP contribution is -2.35. The van der Waals surface area contributed by atoms with Crippen LogP contribution in [0.15, 0.2) is 24.4 Å². The van der Waals surface area contributed by atoms with Gasteiger partial charge in [0.25, 0.3) is 0 Å². The Morgan fingerprint density at radius 2 is 2.05 bits per heavy atom. The van der Waals surface area contributed by atoms with Crippen molar-refractivity contribution in [2.75, 3.05) is 18.0 Å². The molecule has 6 heteroatoms. The number of amides is 1. The maximum atomic E-state index is 11.3. The van der Waals surface area contributed by atoms with E-state index in [4.69, 9.17) is 5.73 Å². The van der Waals surface area contributed by atoms with Crippen molar-refractivity contribution in [2.24, 2.45) is 5.73 Å². The fourth-order valence-electron chi connectivity index (χ4n) is 2.36. The van der Waals surface area contributed by atoms with E-state index in [1.54, 1.807) is 12.3 Å². The number of carbonyl (C=O) groups excluding carboxylic acids is 2. The molecule has 0 saturated carbocycles. The molecular formula is C16H20N4O2. The molecule has 0 bridgehead atoms. The number of nitrogens with two attached hydrogens (primary N) is 1. The van der Waals surface area contributed by atoms with Crippen LogP contribution in [0.2, 0.25) is 0 Å². The molecule has 1 aliphatic rings. The fourth-order valence-corrected chi connectivity index (χ4v) is 2.36. The third-order valence-electron chi connectivity index (χ3n) is 3.70. The number of aryl methyl sites for hydroxylation is 1. The lowest BCUT2D eigenvalue weighted by atomic mass is 10.1. The van der Waals surface area contributed by atoms with Crippen molar-refractivity contribution >= 4 is 23.2 Å². The smallest absolute Gasteiger partial charge is 0.248 e. The number of piperidine rings is 1. The Morgan fingerprint density at radius 3 is 2.59 bits per heavy atom. The first kappa shape index (κ1) is 15.9. The molecule has 1 aromatic rings. The molecule has 1 amide bonds. The highest BCUT2D eigenvalue weighted by molar-refractivity contribution is 5.96. The Morgan fingerprint density at radius 1 is 1.41 bits per heavy atom. The molecular weight excluding hydrogens is 280 g/mol. The third kappa shape index (κ3) is 3.58. The van der Waals surface area contributed by atoms with E-state index < -0.39 is 5.91 Å². The molecule has 0 aromatic carbocycles. The zero-order chi connectivity index (χ0) is 16.3. The summed E-state index contributed by atoms with van der Waals surface area (Å²) >= 11 is 0. The summed E-state index contributed by atoms with van der Waals surface area (Å²) in [7, 11) is 0. The molecule has 1 saturated heterocycles. The van der Waals surface area contributed by atoms with E-state index in [-0.39, 0.29) is 11.4 Å². The number of Topliss-reactive ketones (excluding diaryl/α,β-unsaturated/α-hetero) is 1. The Labute approximate surface area is 129 Å². The molecule has 2 rings (SSSR count). The normalized spacial score (nSPS) is 15.8. The minimum Gasteiger partial charge on any atom is -0.366 e. The number of nitrogens with zero attached hydrogens (tertiary/aromatic N) is 3. The third-order valence-corrected chi connectivity index (χ3v) is 3.70. The fraction of sp³-hybridized carbons (Fsp3) is 0.375. The van der Waals surface area contributed by atoms with E-state index in [0.717, 1.165) is 16.8 Å². The minimum absolute atomic E-state index is 0.246. The van der Waals surface area contributed by atoms with E-state index in [9.17, 15) is 9.59 Å². The summed E-state index contributed by atoms with van der Waals surface area (Å²) in [4.78, 5) is 33.2. The van der Waals surface area contributed by atoms with Gasteiger partial charge in [0.05, 0.1) is 5.69 Å². The van der Waals surface area contributed by atoms with Crippen molar-refractivity contribution in [1.29, 1.82) is 0 Å². The van der Waals surface area contributed by atoms with Gasteiger partial charge in [-0.3, -0.25) is 9.59 Å². The second-order valence-corrected chi connectivity index (χ2v) is 5.41. The number of primary amides is 1. The zero-order valence-electron chi connectivity index (χ0n) is 12.9. The van der Waals surface area contributed by atoms with Crippen LogP contribution in [0.3, 0.4) is 0 Å². The average Bonchev–Trinajstić information content (AvgIpc) is 2.47. The number of allylic oxidation sites excluding steroid dienone is 1. The topological polar surface area (TPSA) is 89.2 Å². The largest absolute Gasteiger partial charge is 0.366 e. The Bertz CT molecular complexity index is 654. The van der Waals surface area contributed by atoms with Gasteiger partial charge < -0.3 is 10.6 Å². The Hall–Kier alpha value is -2.50. The summed E-state index contributed by atoms with van der Waals surface area (Å²) in [5.41, 5.74) is 7.92. The van der Waals surface area contributed by atoms with E-state index in [0.29, 0.717) is 31.9 Å². The zero-order valence-corrected chi connectivity index (χ0v) is 12.9. The maximum Gasteiger partial charge on any atom is 0.248 e. The summed E-state index contributed by atoms with van der Waals surface area (Å²) < 4.78 is 0. The van der Waals surface area contributed by atoms with Gasteiger partial charge in [0.1, 0.15) is 5.78 Å². The maximum absolute atomic E-state index is 11.3. The molecule has 0 aliphatic carbocycles. The summed E-state index contributed by atoms with van der Waals surface area (Å²) in [5.74, 6) is 0.371. The van der Waals surface area contributed by atoms with Gasteiger partial charge >= 0.3 is 0 Å². The van der Waals surface area contributed by atoms with Crippen molar-refractivity contribution in [1.82, 2.24) is 9.97 Å². The molecule has 116 valence electrons. The van der Waals surface area contributed by atoms with Gasteiger partial charge in [-0.05, 0) is 25.5 Å². The van der Waals surface area contributed by atoms with Gasteiger partial charge in [0.2, 0.25) is 11.9 Å². The molecule has 0 atom stereocenters. The van der Waals surface area contributed by atoms with Gasteiger partial charge in [-0.15, -0.1) is 0 Å². The summed E-state index contributed by atoms with van der Waals surface area (Å²) in [5, 5.41) is 0. The SMILES string of the molecule is C=C(/C=C(\C)c1cnc(N2CCC(=O)CC2)nc1C)C(N)=O. The number of rotatable bonds is 4. The molecule has 0 radical (unpaired) electrons. The second kappa shape index (κ2) is 6.51. The highest BCUT2D eigenvalue weighted by Gasteiger charge is 2.19. The second-order valence-electron chi connectivity index (χ2n) is 5.41. The predicted octanol–water partition coefficient (Wildman–Crippen LogP) is 1.40. The molecule has 22 heavy (non-hydrogen) atoms. The molecule has 0 unspecified atom stereocenters. The molecule has 1 aromatic heterocycles. The van der Waals surface area contributed by atoms with Gasteiger partial charge in [-0.2, -0.15) is 0 Å². The Kier molecular flexibility index (Phi) is 4.70. The van der Waals surface area contributed by atoms with Crippen molar-refractivity contribution in [3.05, 3.63) is 35.7 Å². The van der Waals surface area contributed by atoms with Crippen molar-refractivity contribution in [3.63, 3.8) is 0 Å². The summed E-state index contributed by atoms with van der Waals surface area (Å²) in [6, 6.07) is 0. The lowest BCUT2D eigenvalue weighted by Gasteiger charge is -2.26. The highest BCUT2D eigenvalue weighted by Crippen LogP contribution is 2.21. The molecule has 1 fully saturated rings. The first-order chi connectivity index (χ1) is 10.4. The lowest BCUT2D eigenvalue weighted by molar-refractivity contribution is -0.119. The predicted molar refractivity (Wildman–Crippen MR) is 85.2 cm³/mol. The van der Waals surface area contributed by atoms with Crippen LogP contribution in [0.4, 0.5) is 5.95 Å². The number of hydrogen-bond acceptors (Lipinski definition) is 5. The van der Waals surface area contributed by atoms with Crippen LogP contribution in [0.25, 0.3) is 5.57 Å². The van der Waals surface area contributed by atoms with Crippen molar-refractivity contribution < 1.29 is 9.59 Å². The van der Waals surface area contributed by atoms with E-state index in [1.165, 1.54) is 0 Å². The van der Waals surface area contributed by atoms with Crippen molar-refractivity contribution in [3.8, 4) is 0 Å².